The Labute approximate surface area is 185 Å². The second-order valence-electron chi connectivity index (χ2n) is 8.28. The summed E-state index contributed by atoms with van der Waals surface area (Å²) >= 11 is 0. The number of H-pyrrole nitrogens is 1. The number of aromatic hydroxyl groups is 1. The maximum atomic E-state index is 13.2. The van der Waals surface area contributed by atoms with Crippen molar-refractivity contribution < 1.29 is 9.90 Å². The van der Waals surface area contributed by atoms with Crippen molar-refractivity contribution in [3.63, 3.8) is 0 Å². The fourth-order valence-corrected chi connectivity index (χ4v) is 3.94. The molecular formula is C25H26N4O3. The highest BCUT2D eigenvalue weighted by molar-refractivity contribution is 6.05. The number of nitrogens with zero attached hydrogens (tertiary/aromatic N) is 2. The van der Waals surface area contributed by atoms with Crippen LogP contribution in [0, 0.1) is 13.8 Å². The normalized spacial score (nSPS) is 11.3. The third-order valence-electron chi connectivity index (χ3n) is 5.55. The van der Waals surface area contributed by atoms with Crippen molar-refractivity contribution in [2.24, 2.45) is 0 Å². The first-order valence-electron chi connectivity index (χ1n) is 10.5. The van der Waals surface area contributed by atoms with Gasteiger partial charge in [-0.3, -0.25) is 9.59 Å². The van der Waals surface area contributed by atoms with Gasteiger partial charge < -0.3 is 20.0 Å². The van der Waals surface area contributed by atoms with Crippen molar-refractivity contribution in [1.29, 1.82) is 0 Å². The van der Waals surface area contributed by atoms with Crippen LogP contribution in [0.4, 0.5) is 0 Å². The zero-order valence-corrected chi connectivity index (χ0v) is 18.6. The van der Waals surface area contributed by atoms with Gasteiger partial charge in [-0.25, -0.2) is 4.98 Å². The summed E-state index contributed by atoms with van der Waals surface area (Å²) in [7, 11) is 0. The summed E-state index contributed by atoms with van der Waals surface area (Å²) < 4.78 is 2.08. The molecule has 0 unspecified atom stereocenters. The van der Waals surface area contributed by atoms with Crippen LogP contribution >= 0.6 is 0 Å². The third-order valence-corrected chi connectivity index (χ3v) is 5.55. The maximum absolute atomic E-state index is 13.2. The summed E-state index contributed by atoms with van der Waals surface area (Å²) in [5, 5.41) is 13.5. The zero-order valence-electron chi connectivity index (χ0n) is 18.6. The highest BCUT2D eigenvalue weighted by Crippen LogP contribution is 2.29. The van der Waals surface area contributed by atoms with Crippen LogP contribution in [0.1, 0.15) is 47.2 Å². The number of aromatic nitrogens is 3. The van der Waals surface area contributed by atoms with Crippen molar-refractivity contribution in [2.45, 2.75) is 40.3 Å². The molecule has 0 spiro atoms. The smallest absolute Gasteiger partial charge is 0.270 e. The molecule has 0 fully saturated rings. The van der Waals surface area contributed by atoms with E-state index in [0.717, 1.165) is 22.2 Å². The number of fused-ring (bicyclic) bond motifs is 1. The Morgan fingerprint density at radius 2 is 1.97 bits per heavy atom. The van der Waals surface area contributed by atoms with Crippen molar-refractivity contribution in [1.82, 2.24) is 19.9 Å². The maximum Gasteiger partial charge on any atom is 0.270 e. The lowest BCUT2D eigenvalue weighted by atomic mass is 10.1. The Balaban J connectivity index is 1.77. The summed E-state index contributed by atoms with van der Waals surface area (Å²) in [6, 6.07) is 12.7. The number of amides is 1. The van der Waals surface area contributed by atoms with E-state index >= 15 is 0 Å². The highest BCUT2D eigenvalue weighted by Gasteiger charge is 2.19. The van der Waals surface area contributed by atoms with E-state index in [1.165, 1.54) is 0 Å². The minimum atomic E-state index is -0.363. The Hall–Kier alpha value is -3.87. The number of carbonyl (C=O) groups excluding carboxylic acids is 1. The van der Waals surface area contributed by atoms with Gasteiger partial charge in [-0.05, 0) is 63.6 Å². The molecule has 7 heteroatoms. The van der Waals surface area contributed by atoms with E-state index in [2.05, 4.69) is 33.7 Å². The molecule has 0 aliphatic heterocycles. The van der Waals surface area contributed by atoms with Gasteiger partial charge in [-0.15, -0.1) is 0 Å². The average Bonchev–Trinajstić information content (AvgIpc) is 3.16. The third kappa shape index (κ3) is 4.01. The van der Waals surface area contributed by atoms with Gasteiger partial charge >= 0.3 is 0 Å². The molecular weight excluding hydrogens is 404 g/mol. The molecule has 3 heterocycles. The van der Waals surface area contributed by atoms with Crippen LogP contribution < -0.4 is 10.9 Å². The Morgan fingerprint density at radius 1 is 1.19 bits per heavy atom. The van der Waals surface area contributed by atoms with Crippen LogP contribution in [0.3, 0.4) is 0 Å². The fraction of sp³-hybridized carbons (Fsp3) is 0.240. The van der Waals surface area contributed by atoms with E-state index in [1.54, 1.807) is 18.2 Å². The number of nitrogens with one attached hydrogen (secondary N) is 2. The summed E-state index contributed by atoms with van der Waals surface area (Å²) in [4.78, 5) is 32.9. The molecule has 3 aromatic heterocycles. The summed E-state index contributed by atoms with van der Waals surface area (Å²) in [5.74, 6) is -0.235. The molecule has 0 saturated heterocycles. The van der Waals surface area contributed by atoms with E-state index in [4.69, 9.17) is 0 Å². The number of pyridine rings is 2. The number of hydrogen-bond donors (Lipinski definition) is 3. The van der Waals surface area contributed by atoms with Crippen LogP contribution in [0.2, 0.25) is 0 Å². The van der Waals surface area contributed by atoms with Gasteiger partial charge in [-0.2, -0.15) is 0 Å². The number of rotatable bonds is 5. The number of hydrogen-bond acceptors (Lipinski definition) is 4. The average molecular weight is 431 g/mol. The first kappa shape index (κ1) is 21.4. The lowest BCUT2D eigenvalue weighted by Crippen LogP contribution is -2.28. The Morgan fingerprint density at radius 3 is 2.66 bits per heavy atom. The number of phenolic OH excluding ortho intramolecular Hbond substituents is 1. The molecule has 0 atom stereocenters. The van der Waals surface area contributed by atoms with Crippen molar-refractivity contribution in [3.05, 3.63) is 81.5 Å². The van der Waals surface area contributed by atoms with Crippen LogP contribution in [-0.4, -0.2) is 25.5 Å². The van der Waals surface area contributed by atoms with Crippen molar-refractivity contribution in [2.75, 3.05) is 0 Å². The van der Waals surface area contributed by atoms with Crippen LogP contribution in [-0.2, 0) is 6.54 Å². The highest BCUT2D eigenvalue weighted by atomic mass is 16.3. The monoisotopic (exact) mass is 430 g/mol. The first-order chi connectivity index (χ1) is 15.2. The predicted molar refractivity (Wildman–Crippen MR) is 125 cm³/mol. The first-order valence-corrected chi connectivity index (χ1v) is 10.5. The molecule has 0 aliphatic rings. The molecule has 32 heavy (non-hydrogen) atoms. The van der Waals surface area contributed by atoms with Gasteiger partial charge in [0, 0.05) is 41.0 Å². The van der Waals surface area contributed by atoms with Gasteiger partial charge in [0.2, 0.25) is 0 Å². The van der Waals surface area contributed by atoms with E-state index in [9.17, 15) is 14.7 Å². The topological polar surface area (TPSA) is 100 Å². The molecule has 1 aromatic carbocycles. The lowest BCUT2D eigenvalue weighted by molar-refractivity contribution is 0.0947. The molecule has 0 bridgehead atoms. The van der Waals surface area contributed by atoms with Crippen molar-refractivity contribution in [3.8, 4) is 17.0 Å². The van der Waals surface area contributed by atoms with Gasteiger partial charge in [0.05, 0.1) is 11.2 Å². The number of aryl methyl sites for hydroxylation is 2. The number of phenols is 1. The molecule has 7 nitrogen and oxygen atoms in total. The van der Waals surface area contributed by atoms with Gasteiger partial charge in [-0.1, -0.05) is 12.1 Å². The molecule has 0 radical (unpaired) electrons. The van der Waals surface area contributed by atoms with E-state index in [-0.39, 0.29) is 35.5 Å². The van der Waals surface area contributed by atoms with Crippen LogP contribution in [0.15, 0.2) is 53.5 Å². The van der Waals surface area contributed by atoms with E-state index in [0.29, 0.717) is 16.8 Å². The SMILES string of the molecule is Cc1cc(C)c(CNC(=O)c2nc(-c3cccc(O)c3)cc3c2ccn3C(C)C)c(=O)[nH]1. The predicted octanol–water partition coefficient (Wildman–Crippen LogP) is 4.22. The van der Waals surface area contributed by atoms with E-state index in [1.807, 2.05) is 44.3 Å². The van der Waals surface area contributed by atoms with Gasteiger partial charge in [0.1, 0.15) is 11.4 Å². The zero-order chi connectivity index (χ0) is 23.0. The molecule has 164 valence electrons. The number of carbonyl (C=O) groups is 1. The number of benzene rings is 1. The minimum Gasteiger partial charge on any atom is -0.508 e. The standard InChI is InChI=1S/C25H26N4O3/c1-14(2)29-9-8-19-22(29)12-21(17-6-5-7-18(30)11-17)28-23(19)25(32)26-13-20-15(3)10-16(4)27-24(20)31/h5-12,14,30H,13H2,1-4H3,(H,26,32)(H,27,31). The lowest BCUT2D eigenvalue weighted by Gasteiger charge is -2.13. The Bertz CT molecular complexity index is 1380. The summed E-state index contributed by atoms with van der Waals surface area (Å²) in [6.45, 7) is 7.92. The molecule has 0 aliphatic carbocycles. The second-order valence-corrected chi connectivity index (χ2v) is 8.28. The van der Waals surface area contributed by atoms with Gasteiger partial charge in [0.25, 0.3) is 11.5 Å². The molecule has 1 amide bonds. The molecule has 4 rings (SSSR count). The van der Waals surface area contributed by atoms with Crippen LogP contribution in [0.5, 0.6) is 5.75 Å². The largest absolute Gasteiger partial charge is 0.508 e. The van der Waals surface area contributed by atoms with Crippen LogP contribution in [0.25, 0.3) is 22.2 Å². The molecule has 0 saturated carbocycles. The molecule has 4 aromatic rings. The minimum absolute atomic E-state index is 0.102. The van der Waals surface area contributed by atoms with E-state index < -0.39 is 0 Å². The Kier molecular flexibility index (Phi) is 5.57. The second kappa shape index (κ2) is 8.34. The molecule has 3 N–H and O–H groups in total. The summed E-state index contributed by atoms with van der Waals surface area (Å²) in [6.07, 6.45) is 1.94. The van der Waals surface area contributed by atoms with Crippen molar-refractivity contribution >= 4 is 16.8 Å². The summed E-state index contributed by atoms with van der Waals surface area (Å²) in [5.41, 5.74) is 4.37. The quantitative estimate of drug-likeness (QED) is 0.441. The fourth-order valence-electron chi connectivity index (χ4n) is 3.94. The number of aromatic amines is 1. The van der Waals surface area contributed by atoms with Gasteiger partial charge in [0.15, 0.2) is 0 Å².